The lowest BCUT2D eigenvalue weighted by Crippen LogP contribution is -2.04. The number of halogens is 2. The molecule has 2 heteroatoms. The summed E-state index contributed by atoms with van der Waals surface area (Å²) in [5.74, 6) is 0.527. The Labute approximate surface area is 126 Å². The molecular formula is C16H16Br2. The lowest BCUT2D eigenvalue weighted by Gasteiger charge is -2.15. The fraction of sp³-hybridized carbons (Fsp3) is 0.250. The van der Waals surface area contributed by atoms with Crippen molar-refractivity contribution in [2.75, 3.05) is 5.33 Å². The predicted molar refractivity (Wildman–Crippen MR) is 85.6 cm³/mol. The van der Waals surface area contributed by atoms with Gasteiger partial charge in [0, 0.05) is 9.80 Å². The first kappa shape index (κ1) is 13.8. The molecule has 0 nitrogen and oxygen atoms in total. The Morgan fingerprint density at radius 2 is 1.83 bits per heavy atom. The molecule has 0 saturated heterocycles. The minimum absolute atomic E-state index is 0.527. The standard InChI is InChI=1S/C16H16Br2/c1-12-4-2-6-14(8-12)15(11-17)9-13-5-3-7-16(18)10-13/h2-8,10,15H,9,11H2,1H3. The maximum absolute atomic E-state index is 3.64. The molecule has 0 N–H and O–H groups in total. The van der Waals surface area contributed by atoms with Crippen LogP contribution in [0.1, 0.15) is 22.6 Å². The Bertz CT molecular complexity index is 520. The monoisotopic (exact) mass is 366 g/mol. The van der Waals surface area contributed by atoms with Gasteiger partial charge in [-0.05, 0) is 42.5 Å². The van der Waals surface area contributed by atoms with Crippen LogP contribution < -0.4 is 0 Å². The van der Waals surface area contributed by atoms with Crippen molar-refractivity contribution < 1.29 is 0 Å². The molecule has 2 aromatic carbocycles. The molecule has 0 fully saturated rings. The molecule has 94 valence electrons. The van der Waals surface area contributed by atoms with Crippen LogP contribution in [0.4, 0.5) is 0 Å². The van der Waals surface area contributed by atoms with E-state index in [0.717, 1.165) is 16.2 Å². The average molecular weight is 368 g/mol. The van der Waals surface area contributed by atoms with Gasteiger partial charge in [-0.2, -0.15) is 0 Å². The Morgan fingerprint density at radius 3 is 2.50 bits per heavy atom. The fourth-order valence-electron chi connectivity index (χ4n) is 2.13. The third-order valence-electron chi connectivity index (χ3n) is 3.07. The number of aryl methyl sites for hydroxylation is 1. The number of hydrogen-bond acceptors (Lipinski definition) is 0. The second kappa shape index (κ2) is 6.53. The van der Waals surface area contributed by atoms with Crippen LogP contribution in [-0.2, 0) is 6.42 Å². The van der Waals surface area contributed by atoms with Gasteiger partial charge in [0.1, 0.15) is 0 Å². The van der Waals surface area contributed by atoms with Gasteiger partial charge in [-0.3, -0.25) is 0 Å². The smallest absolute Gasteiger partial charge is 0.0177 e. The molecule has 0 heterocycles. The largest absolute Gasteiger partial charge is 0.0921 e. The molecule has 18 heavy (non-hydrogen) atoms. The molecule has 0 spiro atoms. The highest BCUT2D eigenvalue weighted by Gasteiger charge is 2.11. The molecule has 0 saturated carbocycles. The third kappa shape index (κ3) is 3.69. The molecule has 1 unspecified atom stereocenters. The van der Waals surface area contributed by atoms with Crippen molar-refractivity contribution in [3.63, 3.8) is 0 Å². The van der Waals surface area contributed by atoms with Gasteiger partial charge in [-0.1, -0.05) is 73.8 Å². The van der Waals surface area contributed by atoms with E-state index in [1.807, 2.05) is 0 Å². The van der Waals surface area contributed by atoms with Crippen LogP contribution in [0.15, 0.2) is 53.0 Å². The molecule has 1 atom stereocenters. The summed E-state index contributed by atoms with van der Waals surface area (Å²) in [5.41, 5.74) is 4.11. The van der Waals surface area contributed by atoms with Crippen LogP contribution in [0.2, 0.25) is 0 Å². The molecular weight excluding hydrogens is 352 g/mol. The van der Waals surface area contributed by atoms with Gasteiger partial charge >= 0.3 is 0 Å². The zero-order valence-electron chi connectivity index (χ0n) is 10.4. The Hall–Kier alpha value is -0.600. The minimum Gasteiger partial charge on any atom is -0.0921 e. The summed E-state index contributed by atoms with van der Waals surface area (Å²) in [4.78, 5) is 0. The van der Waals surface area contributed by atoms with E-state index in [2.05, 4.69) is 87.3 Å². The summed E-state index contributed by atoms with van der Waals surface area (Å²) >= 11 is 7.17. The van der Waals surface area contributed by atoms with Gasteiger partial charge < -0.3 is 0 Å². The maximum Gasteiger partial charge on any atom is 0.0177 e. The molecule has 0 aliphatic carbocycles. The van der Waals surface area contributed by atoms with Gasteiger partial charge in [0.25, 0.3) is 0 Å². The highest BCUT2D eigenvalue weighted by atomic mass is 79.9. The maximum atomic E-state index is 3.64. The second-order valence-electron chi connectivity index (χ2n) is 4.60. The molecule has 2 aromatic rings. The first-order valence-corrected chi connectivity index (χ1v) is 7.97. The number of hydrogen-bond donors (Lipinski definition) is 0. The average Bonchev–Trinajstić information content (AvgIpc) is 2.36. The summed E-state index contributed by atoms with van der Waals surface area (Å²) in [6, 6.07) is 17.3. The van der Waals surface area contributed by atoms with E-state index in [-0.39, 0.29) is 0 Å². The Balaban J connectivity index is 2.19. The first-order chi connectivity index (χ1) is 8.69. The zero-order chi connectivity index (χ0) is 13.0. The van der Waals surface area contributed by atoms with Crippen molar-refractivity contribution in [2.45, 2.75) is 19.3 Å². The summed E-state index contributed by atoms with van der Waals surface area (Å²) in [6.45, 7) is 2.15. The summed E-state index contributed by atoms with van der Waals surface area (Å²) in [7, 11) is 0. The van der Waals surface area contributed by atoms with Crippen molar-refractivity contribution in [1.29, 1.82) is 0 Å². The lowest BCUT2D eigenvalue weighted by molar-refractivity contribution is 0.774. The normalized spacial score (nSPS) is 12.4. The Kier molecular flexibility index (Phi) is 5.02. The number of alkyl halides is 1. The van der Waals surface area contributed by atoms with Gasteiger partial charge in [0.15, 0.2) is 0 Å². The Morgan fingerprint density at radius 1 is 1.06 bits per heavy atom. The quantitative estimate of drug-likeness (QED) is 0.627. The van der Waals surface area contributed by atoms with Crippen molar-refractivity contribution >= 4 is 31.9 Å². The van der Waals surface area contributed by atoms with Crippen LogP contribution in [0.5, 0.6) is 0 Å². The fourth-order valence-corrected chi connectivity index (χ4v) is 3.18. The van der Waals surface area contributed by atoms with E-state index in [4.69, 9.17) is 0 Å². The van der Waals surface area contributed by atoms with Crippen molar-refractivity contribution in [2.24, 2.45) is 0 Å². The van der Waals surface area contributed by atoms with E-state index in [0.29, 0.717) is 5.92 Å². The summed E-state index contributed by atoms with van der Waals surface area (Å²) in [5, 5.41) is 0.989. The van der Waals surface area contributed by atoms with Crippen LogP contribution in [-0.4, -0.2) is 5.33 Å². The highest BCUT2D eigenvalue weighted by molar-refractivity contribution is 9.10. The topological polar surface area (TPSA) is 0 Å². The molecule has 0 aromatic heterocycles. The highest BCUT2D eigenvalue weighted by Crippen LogP contribution is 2.25. The molecule has 0 aliphatic rings. The predicted octanol–water partition coefficient (Wildman–Crippen LogP) is 5.48. The van der Waals surface area contributed by atoms with Crippen LogP contribution in [0.25, 0.3) is 0 Å². The van der Waals surface area contributed by atoms with Crippen LogP contribution in [0, 0.1) is 6.92 Å². The summed E-state index contributed by atoms with van der Waals surface area (Å²) < 4.78 is 1.15. The van der Waals surface area contributed by atoms with Gasteiger partial charge in [-0.25, -0.2) is 0 Å². The molecule has 0 bridgehead atoms. The molecule has 0 aliphatic heterocycles. The summed E-state index contributed by atoms with van der Waals surface area (Å²) in [6.07, 6.45) is 1.06. The SMILES string of the molecule is Cc1cccc(C(CBr)Cc2cccc(Br)c2)c1. The second-order valence-corrected chi connectivity index (χ2v) is 6.16. The van der Waals surface area contributed by atoms with E-state index in [1.54, 1.807) is 0 Å². The molecule has 2 rings (SSSR count). The van der Waals surface area contributed by atoms with Gasteiger partial charge in [0.05, 0.1) is 0 Å². The minimum atomic E-state index is 0.527. The zero-order valence-corrected chi connectivity index (χ0v) is 13.5. The molecule has 0 amide bonds. The van der Waals surface area contributed by atoms with E-state index >= 15 is 0 Å². The van der Waals surface area contributed by atoms with Crippen LogP contribution >= 0.6 is 31.9 Å². The van der Waals surface area contributed by atoms with E-state index in [1.165, 1.54) is 16.7 Å². The van der Waals surface area contributed by atoms with E-state index < -0.39 is 0 Å². The van der Waals surface area contributed by atoms with Gasteiger partial charge in [0.2, 0.25) is 0 Å². The van der Waals surface area contributed by atoms with Crippen molar-refractivity contribution in [3.05, 3.63) is 69.7 Å². The third-order valence-corrected chi connectivity index (χ3v) is 4.35. The molecule has 0 radical (unpaired) electrons. The number of rotatable bonds is 4. The van der Waals surface area contributed by atoms with Crippen molar-refractivity contribution in [1.82, 2.24) is 0 Å². The van der Waals surface area contributed by atoms with Gasteiger partial charge in [-0.15, -0.1) is 0 Å². The number of benzene rings is 2. The van der Waals surface area contributed by atoms with E-state index in [9.17, 15) is 0 Å². The van der Waals surface area contributed by atoms with Crippen LogP contribution in [0.3, 0.4) is 0 Å². The van der Waals surface area contributed by atoms with Crippen molar-refractivity contribution in [3.8, 4) is 0 Å². The lowest BCUT2D eigenvalue weighted by atomic mass is 9.93. The first-order valence-electron chi connectivity index (χ1n) is 6.06.